The van der Waals surface area contributed by atoms with Gasteiger partial charge in [-0.25, -0.2) is 33.1 Å². The van der Waals surface area contributed by atoms with E-state index in [0.29, 0.717) is 62.4 Å². The number of nitrogens with zero attached hydrogens (tertiary/aromatic N) is 6. The number of aromatic nitrogens is 7. The van der Waals surface area contributed by atoms with E-state index in [2.05, 4.69) is 83.4 Å². The number of rotatable bonds is 7. The summed E-state index contributed by atoms with van der Waals surface area (Å²) in [6.07, 6.45) is 9.28. The molecule has 5 fully saturated rings. The third-order valence-corrected chi connectivity index (χ3v) is 16.4. The number of Topliss-reactive ketones (excluding diaryl/α,β-unsaturated/α-hetero) is 1. The van der Waals surface area contributed by atoms with Gasteiger partial charge in [0, 0.05) is 30.4 Å². The molecular weight excluding hydrogens is 1290 g/mol. The average Bonchev–Trinajstić information content (AvgIpc) is 1.91. The Morgan fingerprint density at radius 2 is 1.11 bits per heavy atom. The molecule has 0 radical (unpaired) electrons. The maximum absolute atomic E-state index is 15.0. The summed E-state index contributed by atoms with van der Waals surface area (Å²) in [5.41, 5.74) is 6.18. The molecular formula is C52H54Br2Cl3F3N14O9. The van der Waals surface area contributed by atoms with Gasteiger partial charge < -0.3 is 43.0 Å². The molecule has 2 aliphatic heterocycles. The van der Waals surface area contributed by atoms with Crippen LogP contribution in [0.1, 0.15) is 134 Å². The van der Waals surface area contributed by atoms with Gasteiger partial charge in [0.25, 0.3) is 34.4 Å². The van der Waals surface area contributed by atoms with E-state index in [-0.39, 0.29) is 88.5 Å². The van der Waals surface area contributed by atoms with E-state index < -0.39 is 64.2 Å². The van der Waals surface area contributed by atoms with E-state index in [1.165, 1.54) is 41.5 Å². The monoisotopic (exact) mass is 1340 g/mol. The van der Waals surface area contributed by atoms with Crippen molar-refractivity contribution >= 4 is 131 Å². The number of anilines is 5. The Morgan fingerprint density at radius 3 is 1.60 bits per heavy atom. The summed E-state index contributed by atoms with van der Waals surface area (Å²) < 4.78 is 44.5. The van der Waals surface area contributed by atoms with Gasteiger partial charge in [-0.2, -0.15) is 0 Å². The number of alkyl halides is 3. The predicted octanol–water partition coefficient (Wildman–Crippen LogP) is 8.03. The summed E-state index contributed by atoms with van der Waals surface area (Å²) >= 11 is 24.0. The van der Waals surface area contributed by atoms with Crippen LogP contribution < -0.4 is 54.7 Å². The van der Waals surface area contributed by atoms with E-state index in [1.807, 2.05) is 0 Å². The van der Waals surface area contributed by atoms with Crippen LogP contribution in [0.4, 0.5) is 42.1 Å². The van der Waals surface area contributed by atoms with Gasteiger partial charge in [0.05, 0.1) is 24.0 Å². The topological polar surface area (TPSA) is 343 Å². The van der Waals surface area contributed by atoms with E-state index >= 15 is 4.39 Å². The SMILES string of the molecule is NC(=O)c1[nH]c(=O)c(Br)cc1Cl.Nc1cc(NC(=O)C2CC2)ncn1.O=C1CCCCC1F.O=C1NC2(CCCCC2F)n2c1c(Cl)cc(Br)c2=O.O=C1NC2(CCCCC2F)n2c1c(Cl)cc(Nc1cc(NC(=O)C3CC3)ncn1)c2=O. The van der Waals surface area contributed by atoms with Crippen molar-refractivity contribution in [2.45, 2.75) is 133 Å². The van der Waals surface area contributed by atoms with Crippen LogP contribution in [0.2, 0.25) is 15.1 Å². The lowest BCUT2D eigenvalue weighted by Gasteiger charge is -2.38. The molecule has 23 nitrogen and oxygen atoms in total. The Morgan fingerprint density at radius 1 is 0.614 bits per heavy atom. The fraction of sp³-hybridized carbons (Fsp3) is 0.442. The average molecular weight is 1340 g/mol. The third kappa shape index (κ3) is 14.3. The number of nitrogens with one attached hydrogen (secondary N) is 6. The number of halogens is 8. The Balaban J connectivity index is 0.000000148. The molecule has 83 heavy (non-hydrogen) atoms. The third-order valence-electron chi connectivity index (χ3n) is 14.4. The molecule has 5 aromatic heterocycles. The summed E-state index contributed by atoms with van der Waals surface area (Å²) in [6, 6.07) is 7.06. The zero-order chi connectivity index (χ0) is 60.1. The van der Waals surface area contributed by atoms with Crippen molar-refractivity contribution in [1.29, 1.82) is 0 Å². The van der Waals surface area contributed by atoms with Crippen LogP contribution >= 0.6 is 66.7 Å². The second-order valence-electron chi connectivity index (χ2n) is 20.4. The van der Waals surface area contributed by atoms with Crippen molar-refractivity contribution in [3.05, 3.63) is 115 Å². The number of fused-ring (bicyclic) bond motifs is 4. The summed E-state index contributed by atoms with van der Waals surface area (Å²) in [5, 5.41) is 13.9. The number of primary amides is 1. The van der Waals surface area contributed by atoms with Gasteiger partial charge in [-0.05, 0) is 134 Å². The zero-order valence-corrected chi connectivity index (χ0v) is 49.2. The van der Waals surface area contributed by atoms with Gasteiger partial charge in [0.15, 0.2) is 23.3 Å². The van der Waals surface area contributed by atoms with Crippen LogP contribution in [0.3, 0.4) is 0 Å². The number of aromatic amines is 1. The minimum absolute atomic E-state index is 0.0110. The molecule has 2 spiro atoms. The fourth-order valence-corrected chi connectivity index (χ4v) is 11.7. The number of nitrogen functional groups attached to an aromatic ring is 1. The predicted molar refractivity (Wildman–Crippen MR) is 308 cm³/mol. The Labute approximate surface area is 501 Å². The number of pyridine rings is 3. The molecule has 0 bridgehead atoms. The van der Waals surface area contributed by atoms with E-state index in [9.17, 15) is 51.9 Å². The minimum atomic E-state index is -1.43. The van der Waals surface area contributed by atoms with Crippen molar-refractivity contribution < 1.29 is 41.9 Å². The lowest BCUT2D eigenvalue weighted by Crippen LogP contribution is -2.55. The smallest absolute Gasteiger partial charge is 0.277 e. The van der Waals surface area contributed by atoms with Crippen LogP contribution in [0.25, 0.3) is 0 Å². The molecule has 12 rings (SSSR count). The molecule has 7 aliphatic rings. The highest BCUT2D eigenvalue weighted by molar-refractivity contribution is 9.10. The molecule has 31 heteroatoms. The van der Waals surface area contributed by atoms with Crippen molar-refractivity contribution in [3.8, 4) is 0 Å². The molecule has 7 heterocycles. The standard InChI is InChI=1S/C20H20ClFN6O3.C12H11BrClFN2O2.C8H10N4O.C6H4BrClN2O2.C6H9FO/c21-11-7-12(25-14-8-15(24-9-23-14)26-17(29)10-4-5-10)19(31)28-16(11)18(30)27-20(28)6-2-1-3-13(20)22;13-6-5-7(14)9-10(18)16-12(17(9)11(6)19)4-2-1-3-8(12)15;9-6-3-7(11-4-10-6)12-8(13)5-1-2-5;7-2-1-3(8)4(5(9)11)10-6(2)12;7-5-3-1-2-4-6(5)8/h7-10,13H,1-6H2,(H,27,30)(H2,23,24,25,26,29);5,8H,1-4H2,(H,16,18);3-5H,1-2H2,(H3,9,10,11,12,13);1H,(H2,9,11)(H,10,12);5H,1-4H2. The van der Waals surface area contributed by atoms with Crippen molar-refractivity contribution in [3.63, 3.8) is 0 Å². The molecule has 10 N–H and O–H groups in total. The lowest BCUT2D eigenvalue weighted by atomic mass is 9.87. The summed E-state index contributed by atoms with van der Waals surface area (Å²) in [4.78, 5) is 123. The van der Waals surface area contributed by atoms with Gasteiger partial charge in [-0.3, -0.25) is 52.3 Å². The highest BCUT2D eigenvalue weighted by Gasteiger charge is 2.53. The second-order valence-corrected chi connectivity index (χ2v) is 23.3. The Kier molecular flexibility index (Phi) is 19.8. The molecule has 5 aliphatic carbocycles. The Bertz CT molecular complexity index is 3580. The van der Waals surface area contributed by atoms with Crippen molar-refractivity contribution in [1.82, 2.24) is 44.7 Å². The largest absolute Gasteiger partial charge is 0.384 e. The number of carbonyl (C=O) groups excluding carboxylic acids is 6. The molecule has 442 valence electrons. The van der Waals surface area contributed by atoms with E-state index in [4.69, 9.17) is 46.3 Å². The van der Waals surface area contributed by atoms with Crippen molar-refractivity contribution in [2.24, 2.45) is 17.6 Å². The molecule has 5 amide bonds. The highest BCUT2D eigenvalue weighted by Crippen LogP contribution is 2.42. The van der Waals surface area contributed by atoms with E-state index in [1.54, 1.807) is 6.07 Å². The number of hydrogen-bond acceptors (Lipinski definition) is 15. The fourth-order valence-electron chi connectivity index (χ4n) is 9.87. The number of nitrogens with two attached hydrogens (primary N) is 2. The van der Waals surface area contributed by atoms with Gasteiger partial charge in [-0.1, -0.05) is 47.6 Å². The Hall–Kier alpha value is -6.75. The quantitative estimate of drug-likeness (QED) is 0.0764. The number of ketones is 1. The first-order valence-electron chi connectivity index (χ1n) is 26.3. The molecule has 5 atom stereocenters. The second kappa shape index (κ2) is 26.4. The van der Waals surface area contributed by atoms with Gasteiger partial charge in [0.2, 0.25) is 11.8 Å². The molecule has 5 aromatic rings. The van der Waals surface area contributed by atoms with Crippen LogP contribution in [-0.4, -0.2) is 87.9 Å². The highest BCUT2D eigenvalue weighted by atomic mass is 79.9. The maximum Gasteiger partial charge on any atom is 0.277 e. The normalized spacial score (nSPS) is 22.7. The summed E-state index contributed by atoms with van der Waals surface area (Å²) in [6.45, 7) is 0. The minimum Gasteiger partial charge on any atom is -0.384 e. The van der Waals surface area contributed by atoms with Crippen LogP contribution in [0.15, 0.2) is 66.3 Å². The van der Waals surface area contributed by atoms with E-state index in [0.717, 1.165) is 55.9 Å². The van der Waals surface area contributed by atoms with Crippen LogP contribution in [-0.2, 0) is 25.7 Å². The molecule has 0 saturated heterocycles. The van der Waals surface area contributed by atoms with Gasteiger partial charge >= 0.3 is 0 Å². The summed E-state index contributed by atoms with van der Waals surface area (Å²) in [5.74, 6) is -0.516. The maximum atomic E-state index is 15.0. The zero-order valence-electron chi connectivity index (χ0n) is 43.8. The van der Waals surface area contributed by atoms with Crippen molar-refractivity contribution in [2.75, 3.05) is 21.7 Å². The first kappa shape index (κ1) is 62.3. The molecule has 5 unspecified atom stereocenters. The first-order chi connectivity index (χ1) is 39.4. The van der Waals surface area contributed by atoms with Gasteiger partial charge in [0.1, 0.15) is 71.0 Å². The number of amides is 5. The van der Waals surface area contributed by atoms with Crippen LogP contribution in [0, 0.1) is 11.8 Å². The number of hydrogen-bond donors (Lipinski definition) is 8. The van der Waals surface area contributed by atoms with Gasteiger partial charge in [-0.15, -0.1) is 0 Å². The number of H-pyrrole nitrogens is 1. The lowest BCUT2D eigenvalue weighted by molar-refractivity contribution is -0.125. The molecule has 5 saturated carbocycles. The number of carbonyl (C=O) groups is 6. The molecule has 0 aromatic carbocycles. The van der Waals surface area contributed by atoms with Crippen LogP contribution in [0.5, 0.6) is 0 Å². The summed E-state index contributed by atoms with van der Waals surface area (Å²) in [7, 11) is 0. The first-order valence-corrected chi connectivity index (χ1v) is 29.0.